The molecule has 1 N–H and O–H groups in total. The first-order chi connectivity index (χ1) is 16.1. The van der Waals surface area contributed by atoms with E-state index in [1.54, 1.807) is 4.90 Å². The number of thiophene rings is 1. The summed E-state index contributed by atoms with van der Waals surface area (Å²) >= 11 is 1.27. The van der Waals surface area contributed by atoms with Crippen molar-refractivity contribution in [1.29, 1.82) is 0 Å². The number of rotatable bonds is 6. The van der Waals surface area contributed by atoms with Crippen LogP contribution < -0.4 is 4.90 Å². The highest BCUT2D eigenvalue weighted by Gasteiger charge is 2.38. The van der Waals surface area contributed by atoms with Crippen LogP contribution in [0, 0.1) is 11.8 Å². The van der Waals surface area contributed by atoms with Gasteiger partial charge in [-0.3, -0.25) is 4.79 Å². The third-order valence-electron chi connectivity index (χ3n) is 7.63. The maximum Gasteiger partial charge on any atom is 0.348 e. The van der Waals surface area contributed by atoms with Gasteiger partial charge in [-0.05, 0) is 81.8 Å². The molecule has 0 bridgehead atoms. The van der Waals surface area contributed by atoms with Gasteiger partial charge in [0, 0.05) is 29.9 Å². The molecule has 9 heteroatoms. The molecule has 188 valence electrons. The third-order valence-corrected chi connectivity index (χ3v) is 10.1. The normalized spacial score (nSPS) is 25.1. The lowest BCUT2D eigenvalue weighted by molar-refractivity contribution is -0.124. The summed E-state index contributed by atoms with van der Waals surface area (Å²) in [6.07, 6.45) is 12.3. The molecule has 0 atom stereocenters. The van der Waals surface area contributed by atoms with Crippen molar-refractivity contribution in [2.24, 2.45) is 11.8 Å². The molecule has 1 aliphatic heterocycles. The monoisotopic (exact) mass is 508 g/mol. The number of nitrogens with zero attached hydrogens (tertiary/aromatic N) is 2. The molecule has 0 spiro atoms. The van der Waals surface area contributed by atoms with Gasteiger partial charge in [-0.15, -0.1) is 11.3 Å². The van der Waals surface area contributed by atoms with Crippen LogP contribution in [0.4, 0.5) is 5.69 Å². The van der Waals surface area contributed by atoms with Crippen LogP contribution >= 0.6 is 11.3 Å². The summed E-state index contributed by atoms with van der Waals surface area (Å²) in [4.78, 5) is 29.1. The van der Waals surface area contributed by atoms with E-state index in [4.69, 9.17) is 0 Å². The van der Waals surface area contributed by atoms with E-state index in [9.17, 15) is 23.1 Å². The highest BCUT2D eigenvalue weighted by molar-refractivity contribution is 7.88. The van der Waals surface area contributed by atoms with Crippen LogP contribution in [0.15, 0.2) is 12.1 Å². The van der Waals surface area contributed by atoms with Crippen LogP contribution in [0.5, 0.6) is 0 Å². The van der Waals surface area contributed by atoms with Crippen molar-refractivity contribution < 1.29 is 23.1 Å². The molecule has 1 saturated heterocycles. The first-order valence-corrected chi connectivity index (χ1v) is 15.2. The first kappa shape index (κ1) is 25.4. The molecule has 1 aromatic rings. The fraction of sp³-hybridized carbons (Fsp3) is 0.680. The highest BCUT2D eigenvalue weighted by Crippen LogP contribution is 2.41. The van der Waals surface area contributed by atoms with Gasteiger partial charge in [-0.1, -0.05) is 13.0 Å². The molecular formula is C25H36N2O5S2. The molecule has 2 aliphatic carbocycles. The van der Waals surface area contributed by atoms with E-state index in [0.29, 0.717) is 37.5 Å². The standard InChI is InChI=1S/C25H36N2O5S2/c1-17-8-10-19(11-9-17)24(28)27(20-12-14-26(15-13-20)34(2,31)32)21-16-22(33-23(21)25(29)30)18-6-4-3-5-7-18/h6,16-17,19-20H,3-5,7-15H2,1-2H3,(H,29,30). The van der Waals surface area contributed by atoms with Crippen LogP contribution in [-0.4, -0.2) is 55.1 Å². The molecule has 0 unspecified atom stereocenters. The minimum Gasteiger partial charge on any atom is -0.477 e. The topological polar surface area (TPSA) is 95.0 Å². The fourth-order valence-corrected chi connectivity index (χ4v) is 7.50. The van der Waals surface area contributed by atoms with Crippen molar-refractivity contribution in [2.45, 2.75) is 77.2 Å². The van der Waals surface area contributed by atoms with E-state index in [1.807, 2.05) is 6.07 Å². The van der Waals surface area contributed by atoms with Crippen molar-refractivity contribution in [2.75, 3.05) is 24.2 Å². The number of carboxylic acids is 1. The number of allylic oxidation sites excluding steroid dienone is 2. The highest BCUT2D eigenvalue weighted by atomic mass is 32.2. The first-order valence-electron chi connectivity index (χ1n) is 12.5. The van der Waals surface area contributed by atoms with E-state index in [2.05, 4.69) is 13.0 Å². The zero-order chi connectivity index (χ0) is 24.5. The van der Waals surface area contributed by atoms with Gasteiger partial charge in [0.05, 0.1) is 11.9 Å². The Balaban J connectivity index is 1.69. The number of carboxylic acid groups (broad SMARTS) is 1. The largest absolute Gasteiger partial charge is 0.477 e. The van der Waals surface area contributed by atoms with Gasteiger partial charge < -0.3 is 10.0 Å². The van der Waals surface area contributed by atoms with E-state index in [-0.39, 0.29) is 22.7 Å². The average molecular weight is 509 g/mol. The second kappa shape index (κ2) is 10.5. The number of sulfonamides is 1. The quantitative estimate of drug-likeness (QED) is 0.584. The third kappa shape index (κ3) is 5.57. The van der Waals surface area contributed by atoms with Crippen molar-refractivity contribution in [3.8, 4) is 0 Å². The Morgan fingerprint density at radius 1 is 1.09 bits per heavy atom. The summed E-state index contributed by atoms with van der Waals surface area (Å²) in [6, 6.07) is 1.71. The molecule has 7 nitrogen and oxygen atoms in total. The number of hydrogen-bond donors (Lipinski definition) is 1. The predicted molar refractivity (Wildman–Crippen MR) is 136 cm³/mol. The summed E-state index contributed by atoms with van der Waals surface area (Å²) < 4.78 is 25.5. The zero-order valence-corrected chi connectivity index (χ0v) is 21.8. The zero-order valence-electron chi connectivity index (χ0n) is 20.2. The van der Waals surface area contributed by atoms with Crippen molar-refractivity contribution in [1.82, 2.24) is 4.31 Å². The maximum atomic E-state index is 13.9. The molecule has 4 rings (SSSR count). The average Bonchev–Trinajstić information content (AvgIpc) is 3.25. The Hall–Kier alpha value is -1.71. The molecule has 2 fully saturated rings. The van der Waals surface area contributed by atoms with Crippen LogP contribution in [0.1, 0.15) is 85.7 Å². The maximum absolute atomic E-state index is 13.9. The van der Waals surface area contributed by atoms with E-state index in [0.717, 1.165) is 56.2 Å². The van der Waals surface area contributed by atoms with Crippen LogP contribution in [0.2, 0.25) is 0 Å². The van der Waals surface area contributed by atoms with Crippen molar-refractivity contribution >= 4 is 44.5 Å². The van der Waals surface area contributed by atoms with Gasteiger partial charge in [0.15, 0.2) is 0 Å². The molecule has 0 aromatic carbocycles. The van der Waals surface area contributed by atoms with E-state index >= 15 is 0 Å². The molecule has 2 heterocycles. The predicted octanol–water partition coefficient (Wildman–Crippen LogP) is 4.99. The second-order valence-electron chi connectivity index (χ2n) is 10.2. The lowest BCUT2D eigenvalue weighted by Crippen LogP contribution is -2.51. The van der Waals surface area contributed by atoms with Gasteiger partial charge in [0.25, 0.3) is 0 Å². The Kier molecular flexibility index (Phi) is 7.84. The Labute approximate surface area is 206 Å². The molecule has 1 aromatic heterocycles. The minimum absolute atomic E-state index is 0.00850. The second-order valence-corrected chi connectivity index (χ2v) is 13.2. The number of aromatic carboxylic acids is 1. The van der Waals surface area contributed by atoms with Gasteiger partial charge in [-0.25, -0.2) is 17.5 Å². The summed E-state index contributed by atoms with van der Waals surface area (Å²) in [5, 5.41) is 10.1. The number of amides is 1. The minimum atomic E-state index is -3.29. The summed E-state index contributed by atoms with van der Waals surface area (Å²) in [7, 11) is -3.29. The van der Waals surface area contributed by atoms with Gasteiger partial charge in [0.1, 0.15) is 4.88 Å². The van der Waals surface area contributed by atoms with Gasteiger partial charge in [0.2, 0.25) is 15.9 Å². The summed E-state index contributed by atoms with van der Waals surface area (Å²) in [6.45, 7) is 2.91. The smallest absolute Gasteiger partial charge is 0.348 e. The molecule has 34 heavy (non-hydrogen) atoms. The van der Waals surface area contributed by atoms with Crippen molar-refractivity contribution in [3.63, 3.8) is 0 Å². The lowest BCUT2D eigenvalue weighted by Gasteiger charge is -2.40. The van der Waals surface area contributed by atoms with E-state index < -0.39 is 16.0 Å². The van der Waals surface area contributed by atoms with E-state index in [1.165, 1.54) is 27.5 Å². The summed E-state index contributed by atoms with van der Waals surface area (Å²) in [5.74, 6) is -0.500. The van der Waals surface area contributed by atoms with Crippen LogP contribution in [0.3, 0.4) is 0 Å². The lowest BCUT2D eigenvalue weighted by atomic mass is 9.82. The Morgan fingerprint density at radius 2 is 1.76 bits per heavy atom. The van der Waals surface area contributed by atoms with Crippen molar-refractivity contribution in [3.05, 3.63) is 21.9 Å². The number of carbonyl (C=O) groups excluding carboxylic acids is 1. The molecule has 1 saturated carbocycles. The Bertz CT molecular complexity index is 1050. The molecule has 1 amide bonds. The number of piperidine rings is 1. The fourth-order valence-electron chi connectivity index (χ4n) is 5.56. The molecule has 3 aliphatic rings. The number of anilines is 1. The number of carbonyl (C=O) groups is 2. The van der Waals surface area contributed by atoms with Gasteiger partial charge >= 0.3 is 5.97 Å². The van der Waals surface area contributed by atoms with Crippen LogP contribution in [0.25, 0.3) is 5.57 Å². The Morgan fingerprint density at radius 3 is 2.32 bits per heavy atom. The van der Waals surface area contributed by atoms with Gasteiger partial charge in [-0.2, -0.15) is 0 Å². The molecular weight excluding hydrogens is 472 g/mol. The van der Waals surface area contributed by atoms with Crippen LogP contribution in [-0.2, 0) is 14.8 Å². The number of hydrogen-bond acceptors (Lipinski definition) is 5. The SMILES string of the molecule is CC1CCC(C(=O)N(c2cc(C3=CCCCC3)sc2C(=O)O)C2CCN(S(C)(=O)=O)CC2)CC1. The molecule has 0 radical (unpaired) electrons. The summed E-state index contributed by atoms with van der Waals surface area (Å²) in [5.41, 5.74) is 1.68.